The zero-order valence-corrected chi connectivity index (χ0v) is 20.6. The molecule has 182 valence electrons. The van der Waals surface area contributed by atoms with Gasteiger partial charge in [0.15, 0.2) is 5.65 Å². The van der Waals surface area contributed by atoms with E-state index in [1.807, 2.05) is 11.4 Å². The average molecular weight is 464 g/mol. The van der Waals surface area contributed by atoms with E-state index in [0.717, 1.165) is 68.3 Å². The summed E-state index contributed by atoms with van der Waals surface area (Å²) < 4.78 is 1.98. The molecule has 0 spiro atoms. The number of fused-ring (bicyclic) bond motifs is 1. The highest BCUT2D eigenvalue weighted by Gasteiger charge is 2.18. The summed E-state index contributed by atoms with van der Waals surface area (Å²) in [5, 5.41) is 23.4. The van der Waals surface area contributed by atoms with Crippen LogP contribution in [0.2, 0.25) is 0 Å². The topological polar surface area (TPSA) is 77.1 Å². The Labute approximate surface area is 202 Å². The van der Waals surface area contributed by atoms with Crippen molar-refractivity contribution in [2.24, 2.45) is 0 Å². The number of nitrogens with zero attached hydrogens (tertiary/aromatic N) is 5. The minimum Gasteiger partial charge on any atom is -0.394 e. The second-order valence-corrected chi connectivity index (χ2v) is 9.31. The zero-order chi connectivity index (χ0) is 24.1. The SMILES string of the molecule is CCc1nn2c(C)cc(C)nc2c1Cc1ccc(/C=C/CN2CCN(C[C@@H](O)CO)CC2)cc1. The lowest BCUT2D eigenvalue weighted by Gasteiger charge is -2.34. The first-order valence-corrected chi connectivity index (χ1v) is 12.3. The first-order valence-electron chi connectivity index (χ1n) is 12.3. The van der Waals surface area contributed by atoms with E-state index in [-0.39, 0.29) is 6.61 Å². The van der Waals surface area contributed by atoms with Gasteiger partial charge in [0.05, 0.1) is 18.4 Å². The van der Waals surface area contributed by atoms with E-state index in [2.05, 4.69) is 66.1 Å². The molecule has 0 amide bonds. The quantitative estimate of drug-likeness (QED) is 0.508. The third-order valence-corrected chi connectivity index (χ3v) is 6.59. The second-order valence-electron chi connectivity index (χ2n) is 9.31. The van der Waals surface area contributed by atoms with Gasteiger partial charge in [-0.3, -0.25) is 9.80 Å². The molecule has 1 aliphatic heterocycles. The van der Waals surface area contributed by atoms with Gasteiger partial charge in [-0.2, -0.15) is 5.10 Å². The normalized spacial score (nSPS) is 16.6. The maximum absolute atomic E-state index is 9.61. The van der Waals surface area contributed by atoms with Crippen LogP contribution < -0.4 is 0 Å². The summed E-state index contributed by atoms with van der Waals surface area (Å²) in [6.07, 6.45) is 5.51. The van der Waals surface area contributed by atoms with Crippen LogP contribution in [0.3, 0.4) is 0 Å². The molecule has 2 N–H and O–H groups in total. The van der Waals surface area contributed by atoms with Crippen LogP contribution in [-0.2, 0) is 12.8 Å². The van der Waals surface area contributed by atoms with Crippen molar-refractivity contribution in [2.75, 3.05) is 45.9 Å². The summed E-state index contributed by atoms with van der Waals surface area (Å²) in [4.78, 5) is 9.42. The van der Waals surface area contributed by atoms with Crippen LogP contribution in [0.5, 0.6) is 0 Å². The van der Waals surface area contributed by atoms with Crippen LogP contribution in [0.25, 0.3) is 11.7 Å². The molecule has 0 saturated carbocycles. The highest BCUT2D eigenvalue weighted by Crippen LogP contribution is 2.21. The Morgan fingerprint density at radius 3 is 2.44 bits per heavy atom. The van der Waals surface area contributed by atoms with Gasteiger partial charge < -0.3 is 10.2 Å². The van der Waals surface area contributed by atoms with Gasteiger partial charge >= 0.3 is 0 Å². The van der Waals surface area contributed by atoms with Crippen LogP contribution in [0.1, 0.15) is 40.7 Å². The van der Waals surface area contributed by atoms with E-state index in [1.54, 1.807) is 0 Å². The van der Waals surface area contributed by atoms with Gasteiger partial charge in [0.1, 0.15) is 0 Å². The average Bonchev–Trinajstić information content (AvgIpc) is 3.19. The number of benzene rings is 1. The second kappa shape index (κ2) is 11.2. The highest BCUT2D eigenvalue weighted by atomic mass is 16.3. The number of piperazine rings is 1. The van der Waals surface area contributed by atoms with E-state index >= 15 is 0 Å². The fourth-order valence-electron chi connectivity index (χ4n) is 4.67. The number of aliphatic hydroxyl groups is 2. The summed E-state index contributed by atoms with van der Waals surface area (Å²) in [5.41, 5.74) is 7.94. The van der Waals surface area contributed by atoms with Crippen molar-refractivity contribution in [2.45, 2.75) is 39.7 Å². The maximum Gasteiger partial charge on any atom is 0.159 e. The van der Waals surface area contributed by atoms with Gasteiger partial charge in [0.2, 0.25) is 0 Å². The first kappa shape index (κ1) is 24.5. The van der Waals surface area contributed by atoms with E-state index in [1.165, 1.54) is 16.7 Å². The molecule has 0 unspecified atom stereocenters. The van der Waals surface area contributed by atoms with Crippen LogP contribution >= 0.6 is 0 Å². The number of rotatable bonds is 9. The molecule has 1 aliphatic rings. The summed E-state index contributed by atoms with van der Waals surface area (Å²) >= 11 is 0. The minimum atomic E-state index is -0.639. The van der Waals surface area contributed by atoms with Crippen LogP contribution in [0, 0.1) is 13.8 Å². The lowest BCUT2D eigenvalue weighted by Crippen LogP contribution is -2.48. The number of hydrogen-bond acceptors (Lipinski definition) is 6. The summed E-state index contributed by atoms with van der Waals surface area (Å²) in [5.74, 6) is 0. The summed E-state index contributed by atoms with van der Waals surface area (Å²) in [6, 6.07) is 10.8. The van der Waals surface area contributed by atoms with Gasteiger partial charge in [-0.25, -0.2) is 9.50 Å². The van der Waals surface area contributed by atoms with Crippen molar-refractivity contribution < 1.29 is 10.2 Å². The molecule has 0 aliphatic carbocycles. The van der Waals surface area contributed by atoms with E-state index in [9.17, 15) is 5.11 Å². The lowest BCUT2D eigenvalue weighted by molar-refractivity contribution is 0.0414. The molecule has 2 aromatic heterocycles. The van der Waals surface area contributed by atoms with Crippen molar-refractivity contribution in [3.05, 3.63) is 70.2 Å². The van der Waals surface area contributed by atoms with Crippen LogP contribution in [-0.4, -0.2) is 86.6 Å². The molecular formula is C27H37N5O2. The van der Waals surface area contributed by atoms with Crippen molar-refractivity contribution in [1.29, 1.82) is 0 Å². The van der Waals surface area contributed by atoms with Gasteiger partial charge in [0, 0.05) is 62.6 Å². The van der Waals surface area contributed by atoms with Crippen LogP contribution in [0.15, 0.2) is 36.4 Å². The molecule has 3 heterocycles. The fraction of sp³-hybridized carbons (Fsp3) is 0.481. The van der Waals surface area contributed by atoms with E-state index in [0.29, 0.717) is 6.54 Å². The van der Waals surface area contributed by atoms with E-state index in [4.69, 9.17) is 15.2 Å². The van der Waals surface area contributed by atoms with Crippen molar-refractivity contribution in [3.8, 4) is 0 Å². The Kier molecular flexibility index (Phi) is 8.11. The molecule has 7 heteroatoms. The fourth-order valence-corrected chi connectivity index (χ4v) is 4.67. The van der Waals surface area contributed by atoms with Crippen LogP contribution in [0.4, 0.5) is 0 Å². The standard InChI is InChI=1S/C27H37N5O2/c1-4-26-25(27-28-20(2)16-21(3)32(27)29-26)17-23-9-7-22(8-10-23)6-5-11-30-12-14-31(15-13-30)18-24(34)19-33/h5-10,16,24,33-34H,4,11-15,17-19H2,1-3H3/b6-5+/t24-/m1/s1. The number of aliphatic hydroxyl groups excluding tert-OH is 2. The maximum atomic E-state index is 9.61. The highest BCUT2D eigenvalue weighted by molar-refractivity contribution is 5.55. The third kappa shape index (κ3) is 5.91. The molecule has 1 atom stereocenters. The number of aryl methyl sites for hydroxylation is 3. The zero-order valence-electron chi connectivity index (χ0n) is 20.6. The number of β-amino-alcohol motifs (C(OH)–C–C–N with tert-alkyl or cyclic N) is 1. The minimum absolute atomic E-state index is 0.170. The first-order chi connectivity index (χ1) is 16.5. The largest absolute Gasteiger partial charge is 0.394 e. The van der Waals surface area contributed by atoms with Gasteiger partial charge in [-0.05, 0) is 37.5 Å². The molecule has 4 rings (SSSR count). The smallest absolute Gasteiger partial charge is 0.159 e. The molecule has 1 fully saturated rings. The molecule has 1 aromatic carbocycles. The van der Waals surface area contributed by atoms with Crippen molar-refractivity contribution in [3.63, 3.8) is 0 Å². The molecule has 0 bridgehead atoms. The molecule has 7 nitrogen and oxygen atoms in total. The third-order valence-electron chi connectivity index (χ3n) is 6.59. The molecule has 34 heavy (non-hydrogen) atoms. The Balaban J connectivity index is 1.34. The van der Waals surface area contributed by atoms with Crippen molar-refractivity contribution in [1.82, 2.24) is 24.4 Å². The Hall–Kier alpha value is -2.58. The monoisotopic (exact) mass is 463 g/mol. The predicted octanol–water partition coefficient (Wildman–Crippen LogP) is 2.48. The number of aromatic nitrogens is 3. The lowest BCUT2D eigenvalue weighted by atomic mass is 10.0. The number of hydrogen-bond donors (Lipinski definition) is 2. The Morgan fingerprint density at radius 1 is 1.06 bits per heavy atom. The molecular weight excluding hydrogens is 426 g/mol. The van der Waals surface area contributed by atoms with Gasteiger partial charge in [0.25, 0.3) is 0 Å². The summed E-state index contributed by atoms with van der Waals surface area (Å²) in [6.45, 7) is 11.4. The van der Waals surface area contributed by atoms with Gasteiger partial charge in [-0.1, -0.05) is 43.3 Å². The van der Waals surface area contributed by atoms with E-state index < -0.39 is 6.10 Å². The molecule has 0 radical (unpaired) electrons. The summed E-state index contributed by atoms with van der Waals surface area (Å²) in [7, 11) is 0. The Morgan fingerprint density at radius 2 is 1.76 bits per heavy atom. The Bertz CT molecular complexity index is 1110. The predicted molar refractivity (Wildman–Crippen MR) is 136 cm³/mol. The van der Waals surface area contributed by atoms with Gasteiger partial charge in [-0.15, -0.1) is 0 Å². The molecule has 3 aromatic rings. The van der Waals surface area contributed by atoms with Crippen molar-refractivity contribution >= 4 is 11.7 Å². The molecule has 1 saturated heterocycles.